The van der Waals surface area contributed by atoms with Crippen molar-refractivity contribution in [3.05, 3.63) is 51.1 Å². The number of hydrogen-bond acceptors (Lipinski definition) is 7. The highest BCUT2D eigenvalue weighted by Gasteiger charge is 2.31. The lowest BCUT2D eigenvalue weighted by molar-refractivity contribution is 0.0211. The van der Waals surface area contributed by atoms with Gasteiger partial charge >= 0.3 is 0 Å². The number of methoxy groups -OCH3 is 1. The van der Waals surface area contributed by atoms with E-state index in [0.717, 1.165) is 22.0 Å². The molecule has 1 aliphatic rings. The predicted octanol–water partition coefficient (Wildman–Crippen LogP) is 1.20. The minimum Gasteiger partial charge on any atom is -0.383 e. The van der Waals surface area contributed by atoms with E-state index in [0.29, 0.717) is 50.8 Å². The second-order valence-corrected chi connectivity index (χ2v) is 7.33. The summed E-state index contributed by atoms with van der Waals surface area (Å²) in [6.45, 7) is 7.70. The number of aromatic amines is 1. The van der Waals surface area contributed by atoms with Crippen molar-refractivity contribution in [3.63, 3.8) is 0 Å². The average molecular weight is 398 g/mol. The molecule has 1 fully saturated rings. The van der Waals surface area contributed by atoms with Crippen LogP contribution in [0.5, 0.6) is 0 Å². The Labute approximate surface area is 168 Å². The predicted molar refractivity (Wildman–Crippen MR) is 108 cm³/mol. The fourth-order valence-electron chi connectivity index (χ4n) is 3.82. The molecule has 9 heteroatoms. The summed E-state index contributed by atoms with van der Waals surface area (Å²) in [6.07, 6.45) is 0. The maximum Gasteiger partial charge on any atom is 0.253 e. The molecule has 2 aromatic heterocycles. The van der Waals surface area contributed by atoms with Gasteiger partial charge in [-0.2, -0.15) is 0 Å². The molecular formula is C20H26N6O3. The van der Waals surface area contributed by atoms with Crippen molar-refractivity contribution in [2.24, 2.45) is 0 Å². The zero-order chi connectivity index (χ0) is 20.4. The molecule has 0 spiro atoms. The summed E-state index contributed by atoms with van der Waals surface area (Å²) in [7, 11) is 1.64. The van der Waals surface area contributed by atoms with Crippen molar-refractivity contribution in [3.8, 4) is 0 Å². The smallest absolute Gasteiger partial charge is 0.253 e. The molecule has 0 saturated carbocycles. The molecule has 3 aromatic rings. The lowest BCUT2D eigenvalue weighted by Crippen LogP contribution is -2.42. The van der Waals surface area contributed by atoms with E-state index in [2.05, 4.69) is 31.5 Å². The van der Waals surface area contributed by atoms with Crippen LogP contribution in [0.25, 0.3) is 10.9 Å². The van der Waals surface area contributed by atoms with Gasteiger partial charge in [-0.3, -0.25) is 9.69 Å². The largest absolute Gasteiger partial charge is 0.383 e. The second kappa shape index (κ2) is 8.40. The van der Waals surface area contributed by atoms with Gasteiger partial charge in [-0.25, -0.2) is 4.68 Å². The molecule has 3 heterocycles. The van der Waals surface area contributed by atoms with E-state index in [4.69, 9.17) is 9.47 Å². The van der Waals surface area contributed by atoms with Crippen molar-refractivity contribution in [2.45, 2.75) is 26.4 Å². The van der Waals surface area contributed by atoms with E-state index in [1.54, 1.807) is 11.8 Å². The molecule has 1 N–H and O–H groups in total. The van der Waals surface area contributed by atoms with Gasteiger partial charge in [-0.15, -0.1) is 5.10 Å². The Morgan fingerprint density at radius 1 is 1.28 bits per heavy atom. The summed E-state index contributed by atoms with van der Waals surface area (Å²) >= 11 is 0. The van der Waals surface area contributed by atoms with Crippen molar-refractivity contribution >= 4 is 10.9 Å². The number of fused-ring (bicyclic) bond motifs is 1. The minimum atomic E-state index is -0.361. The molecule has 0 unspecified atom stereocenters. The van der Waals surface area contributed by atoms with Crippen LogP contribution in [0.2, 0.25) is 0 Å². The number of aryl methyl sites for hydroxylation is 2. The maximum atomic E-state index is 13.2. The lowest BCUT2D eigenvalue weighted by atomic mass is 10.00. The molecule has 9 nitrogen and oxygen atoms in total. The number of nitrogens with zero attached hydrogens (tertiary/aromatic N) is 5. The van der Waals surface area contributed by atoms with Crippen molar-refractivity contribution < 1.29 is 9.47 Å². The molecule has 0 radical (unpaired) electrons. The van der Waals surface area contributed by atoms with Crippen LogP contribution in [-0.2, 0) is 16.0 Å². The number of H-pyrrole nitrogens is 1. The van der Waals surface area contributed by atoms with Crippen molar-refractivity contribution in [2.75, 3.05) is 40.0 Å². The van der Waals surface area contributed by atoms with Gasteiger partial charge in [0.05, 0.1) is 31.9 Å². The molecule has 1 saturated heterocycles. The van der Waals surface area contributed by atoms with Crippen LogP contribution < -0.4 is 5.56 Å². The normalized spacial score (nSPS) is 16.4. The van der Waals surface area contributed by atoms with Crippen molar-refractivity contribution in [1.82, 2.24) is 30.1 Å². The summed E-state index contributed by atoms with van der Waals surface area (Å²) < 4.78 is 12.4. The Morgan fingerprint density at radius 3 is 2.83 bits per heavy atom. The van der Waals surface area contributed by atoms with Crippen LogP contribution >= 0.6 is 0 Å². The number of pyridine rings is 1. The Morgan fingerprint density at radius 2 is 2.07 bits per heavy atom. The zero-order valence-corrected chi connectivity index (χ0v) is 17.0. The van der Waals surface area contributed by atoms with Gasteiger partial charge in [0.25, 0.3) is 5.56 Å². The van der Waals surface area contributed by atoms with Gasteiger partial charge in [-0.05, 0) is 46.9 Å². The fourth-order valence-corrected chi connectivity index (χ4v) is 3.82. The Hall–Kier alpha value is -2.62. The van der Waals surface area contributed by atoms with E-state index < -0.39 is 0 Å². The average Bonchev–Trinajstić information content (AvgIpc) is 3.19. The lowest BCUT2D eigenvalue weighted by Gasteiger charge is -2.33. The van der Waals surface area contributed by atoms with Crippen LogP contribution in [0.15, 0.2) is 23.0 Å². The molecule has 29 heavy (non-hydrogen) atoms. The van der Waals surface area contributed by atoms with Crippen molar-refractivity contribution in [1.29, 1.82) is 0 Å². The number of hydrogen-bond donors (Lipinski definition) is 1. The zero-order valence-electron chi connectivity index (χ0n) is 17.0. The van der Waals surface area contributed by atoms with E-state index in [1.165, 1.54) is 0 Å². The van der Waals surface area contributed by atoms with Gasteiger partial charge in [0.1, 0.15) is 6.04 Å². The highest BCUT2D eigenvalue weighted by atomic mass is 16.5. The van der Waals surface area contributed by atoms with Crippen LogP contribution in [0.4, 0.5) is 0 Å². The Kier molecular flexibility index (Phi) is 5.70. The maximum absolute atomic E-state index is 13.2. The quantitative estimate of drug-likeness (QED) is 0.666. The van der Waals surface area contributed by atoms with E-state index in [1.807, 2.05) is 26.0 Å². The van der Waals surface area contributed by atoms with Crippen LogP contribution in [0, 0.1) is 13.8 Å². The first kappa shape index (κ1) is 19.7. The first-order valence-corrected chi connectivity index (χ1v) is 9.80. The number of benzene rings is 1. The third kappa shape index (κ3) is 3.81. The highest BCUT2D eigenvalue weighted by Crippen LogP contribution is 2.28. The van der Waals surface area contributed by atoms with Gasteiger partial charge in [0, 0.05) is 25.8 Å². The number of morpholine rings is 1. The fraction of sp³-hybridized carbons (Fsp3) is 0.500. The van der Waals surface area contributed by atoms with Gasteiger partial charge < -0.3 is 14.5 Å². The number of nitrogens with one attached hydrogen (secondary N) is 1. The number of ether oxygens (including phenoxy) is 2. The molecule has 154 valence electrons. The molecule has 0 amide bonds. The van der Waals surface area contributed by atoms with Gasteiger partial charge in [0.2, 0.25) is 0 Å². The van der Waals surface area contributed by atoms with E-state index >= 15 is 0 Å². The Bertz CT molecular complexity index is 1050. The first-order valence-electron chi connectivity index (χ1n) is 9.80. The first-order chi connectivity index (χ1) is 14.1. The van der Waals surface area contributed by atoms with Crippen LogP contribution in [0.1, 0.15) is 28.6 Å². The molecule has 1 aliphatic heterocycles. The summed E-state index contributed by atoms with van der Waals surface area (Å²) in [5, 5.41) is 13.3. The summed E-state index contributed by atoms with van der Waals surface area (Å²) in [5.74, 6) is 0.637. The SMILES string of the molecule is COCCn1nnnc1[C@@H](c1cc2ccc(C)c(C)c2[nH]c1=O)N1CCOCC1. The van der Waals surface area contributed by atoms with Crippen LogP contribution in [-0.4, -0.2) is 70.1 Å². The van der Waals surface area contributed by atoms with Crippen LogP contribution in [0.3, 0.4) is 0 Å². The molecule has 1 atom stereocenters. The third-order valence-corrected chi connectivity index (χ3v) is 5.60. The second-order valence-electron chi connectivity index (χ2n) is 7.33. The Balaban J connectivity index is 1.85. The van der Waals surface area contributed by atoms with E-state index in [-0.39, 0.29) is 11.6 Å². The van der Waals surface area contributed by atoms with Gasteiger partial charge in [0.15, 0.2) is 5.82 Å². The summed E-state index contributed by atoms with van der Waals surface area (Å²) in [5.41, 5.74) is 3.62. The molecular weight excluding hydrogens is 372 g/mol. The molecule has 1 aromatic carbocycles. The summed E-state index contributed by atoms with van der Waals surface area (Å²) in [4.78, 5) is 18.5. The highest BCUT2D eigenvalue weighted by molar-refractivity contribution is 5.83. The number of rotatable bonds is 6. The number of aromatic nitrogens is 5. The molecule has 0 bridgehead atoms. The standard InChI is InChI=1S/C20H26N6O3/c1-13-4-5-15-12-16(20(27)21-17(15)14(13)2)18(25-6-10-29-11-7-25)19-22-23-24-26(19)8-9-28-3/h4-5,12,18H,6-11H2,1-3H3,(H,21,27)/t18-/m1/s1. The third-order valence-electron chi connectivity index (χ3n) is 5.60. The molecule has 4 rings (SSSR count). The molecule has 0 aliphatic carbocycles. The monoisotopic (exact) mass is 398 g/mol. The van der Waals surface area contributed by atoms with Gasteiger partial charge in [-0.1, -0.05) is 12.1 Å². The number of tetrazole rings is 1. The van der Waals surface area contributed by atoms with E-state index in [9.17, 15) is 4.79 Å². The summed E-state index contributed by atoms with van der Waals surface area (Å²) in [6, 6.07) is 5.73. The topological polar surface area (TPSA) is 98.2 Å². The minimum absolute atomic E-state index is 0.121.